The highest BCUT2D eigenvalue weighted by atomic mass is 19.1. The predicted molar refractivity (Wildman–Crippen MR) is 107 cm³/mol. The molecule has 3 heterocycles. The van der Waals surface area contributed by atoms with Crippen molar-refractivity contribution in [3.05, 3.63) is 65.7 Å². The molecular weight excluding hydrogens is 369 g/mol. The van der Waals surface area contributed by atoms with Crippen LogP contribution in [0.4, 0.5) is 4.39 Å². The molecule has 0 bridgehead atoms. The first-order chi connectivity index (χ1) is 14.1. The van der Waals surface area contributed by atoms with Crippen LogP contribution >= 0.6 is 0 Å². The van der Waals surface area contributed by atoms with E-state index in [4.69, 9.17) is 0 Å². The van der Waals surface area contributed by atoms with Crippen molar-refractivity contribution >= 4 is 11.8 Å². The van der Waals surface area contributed by atoms with Gasteiger partial charge in [0.2, 0.25) is 11.8 Å². The number of hydrogen-bond acceptors (Lipinski definition) is 3. The number of piperidine rings is 1. The molecule has 0 aliphatic carbocycles. The van der Waals surface area contributed by atoms with Crippen LogP contribution in [0.25, 0.3) is 0 Å². The highest BCUT2D eigenvalue weighted by molar-refractivity contribution is 5.89. The van der Waals surface area contributed by atoms with E-state index in [1.165, 1.54) is 6.07 Å². The zero-order valence-electron chi connectivity index (χ0n) is 16.5. The van der Waals surface area contributed by atoms with Gasteiger partial charge in [0.1, 0.15) is 5.82 Å². The predicted octanol–water partition coefficient (Wildman–Crippen LogP) is 3.05. The summed E-state index contributed by atoms with van der Waals surface area (Å²) in [5.41, 5.74) is 1.73. The van der Waals surface area contributed by atoms with E-state index in [9.17, 15) is 14.0 Å². The molecule has 4 rings (SSSR count). The molecule has 6 heteroatoms. The van der Waals surface area contributed by atoms with Crippen LogP contribution in [-0.2, 0) is 22.6 Å². The van der Waals surface area contributed by atoms with Gasteiger partial charge in [-0.2, -0.15) is 0 Å². The number of hydrogen-bond donors (Lipinski definition) is 0. The largest absolute Gasteiger partial charge is 0.342 e. The molecule has 0 spiro atoms. The first-order valence-corrected chi connectivity index (χ1v) is 10.3. The second kappa shape index (κ2) is 8.72. The number of carbonyl (C=O) groups is 2. The third kappa shape index (κ3) is 4.63. The Balaban J connectivity index is 1.28. The summed E-state index contributed by atoms with van der Waals surface area (Å²) in [7, 11) is 0. The Morgan fingerprint density at radius 1 is 1.14 bits per heavy atom. The van der Waals surface area contributed by atoms with Crippen molar-refractivity contribution in [3.63, 3.8) is 0 Å². The van der Waals surface area contributed by atoms with Crippen molar-refractivity contribution in [3.8, 4) is 0 Å². The maximum absolute atomic E-state index is 13.9. The molecule has 2 aromatic rings. The molecule has 29 heavy (non-hydrogen) atoms. The maximum Gasteiger partial charge on any atom is 0.227 e. The Morgan fingerprint density at radius 3 is 2.66 bits per heavy atom. The van der Waals surface area contributed by atoms with Crippen LogP contribution < -0.4 is 0 Å². The number of halogens is 1. The zero-order chi connectivity index (χ0) is 20.2. The minimum atomic E-state index is -0.262. The SMILES string of the molecule is O=C1C[C@H](C(=O)N2CCC(Cc3ccccc3F)CC2)CN1Cc1cccnc1. The number of carbonyl (C=O) groups excluding carboxylic acids is 2. The molecular formula is C23H26FN3O2. The van der Waals surface area contributed by atoms with E-state index in [-0.39, 0.29) is 30.0 Å². The number of benzene rings is 1. The Morgan fingerprint density at radius 2 is 1.93 bits per heavy atom. The molecule has 1 aromatic heterocycles. The highest BCUT2D eigenvalue weighted by Gasteiger charge is 2.37. The first kappa shape index (κ1) is 19.6. The van der Waals surface area contributed by atoms with Gasteiger partial charge in [0.05, 0.1) is 5.92 Å². The molecule has 0 saturated carbocycles. The van der Waals surface area contributed by atoms with Gasteiger partial charge in [0, 0.05) is 45.0 Å². The number of rotatable bonds is 5. The first-order valence-electron chi connectivity index (χ1n) is 10.3. The van der Waals surface area contributed by atoms with Crippen molar-refractivity contribution in [1.82, 2.24) is 14.8 Å². The molecule has 0 radical (unpaired) electrons. The molecule has 2 amide bonds. The van der Waals surface area contributed by atoms with Gasteiger partial charge in [-0.15, -0.1) is 0 Å². The highest BCUT2D eigenvalue weighted by Crippen LogP contribution is 2.27. The van der Waals surface area contributed by atoms with Gasteiger partial charge >= 0.3 is 0 Å². The number of nitrogens with zero attached hydrogens (tertiary/aromatic N) is 3. The fourth-order valence-corrected chi connectivity index (χ4v) is 4.39. The average molecular weight is 395 g/mol. The monoisotopic (exact) mass is 395 g/mol. The van der Waals surface area contributed by atoms with Gasteiger partial charge in [-0.3, -0.25) is 14.6 Å². The van der Waals surface area contributed by atoms with E-state index in [0.29, 0.717) is 32.1 Å². The van der Waals surface area contributed by atoms with Crippen LogP contribution in [0.3, 0.4) is 0 Å². The molecule has 152 valence electrons. The van der Waals surface area contributed by atoms with Crippen LogP contribution in [0.5, 0.6) is 0 Å². The minimum Gasteiger partial charge on any atom is -0.342 e. The summed E-state index contributed by atoms with van der Waals surface area (Å²) in [5.74, 6) is 0.0905. The molecule has 0 N–H and O–H groups in total. The number of likely N-dealkylation sites (tertiary alicyclic amines) is 2. The zero-order valence-corrected chi connectivity index (χ0v) is 16.5. The summed E-state index contributed by atoms with van der Waals surface area (Å²) in [6.07, 6.45) is 6.21. The lowest BCUT2D eigenvalue weighted by Crippen LogP contribution is -2.42. The van der Waals surface area contributed by atoms with E-state index in [0.717, 1.165) is 30.4 Å². The van der Waals surface area contributed by atoms with Crippen molar-refractivity contribution in [2.45, 2.75) is 32.2 Å². The van der Waals surface area contributed by atoms with E-state index in [1.807, 2.05) is 29.2 Å². The number of amides is 2. The minimum absolute atomic E-state index is 0.0293. The van der Waals surface area contributed by atoms with E-state index < -0.39 is 0 Å². The Labute approximate surface area is 170 Å². The topological polar surface area (TPSA) is 53.5 Å². The van der Waals surface area contributed by atoms with Gasteiger partial charge in [-0.05, 0) is 48.4 Å². The quantitative estimate of drug-likeness (QED) is 0.782. The third-order valence-corrected chi connectivity index (χ3v) is 6.05. The van der Waals surface area contributed by atoms with Crippen LogP contribution in [-0.4, -0.2) is 46.2 Å². The summed E-state index contributed by atoms with van der Waals surface area (Å²) in [6.45, 7) is 2.35. The molecule has 2 aliphatic rings. The Hall–Kier alpha value is -2.76. The Kier molecular flexibility index (Phi) is 5.88. The van der Waals surface area contributed by atoms with Crippen LogP contribution in [0.2, 0.25) is 0 Å². The standard InChI is InChI=1S/C23H26FN3O2/c24-21-6-2-1-5-19(21)12-17-7-10-26(11-8-17)23(29)20-13-22(28)27(16-20)15-18-4-3-9-25-14-18/h1-6,9,14,17,20H,7-8,10-13,15-16H2/t20-/m0/s1. The fourth-order valence-electron chi connectivity index (χ4n) is 4.39. The number of aromatic nitrogens is 1. The maximum atomic E-state index is 13.9. The normalized spacial score (nSPS) is 20.3. The third-order valence-electron chi connectivity index (χ3n) is 6.05. The summed E-state index contributed by atoms with van der Waals surface area (Å²) >= 11 is 0. The van der Waals surface area contributed by atoms with E-state index >= 15 is 0 Å². The molecule has 1 aromatic carbocycles. The lowest BCUT2D eigenvalue weighted by Gasteiger charge is -2.33. The lowest BCUT2D eigenvalue weighted by molar-refractivity contribution is -0.137. The molecule has 2 saturated heterocycles. The average Bonchev–Trinajstić information content (AvgIpc) is 3.11. The second-order valence-corrected chi connectivity index (χ2v) is 8.10. The molecule has 1 atom stereocenters. The van der Waals surface area contributed by atoms with Crippen LogP contribution in [0, 0.1) is 17.7 Å². The van der Waals surface area contributed by atoms with Gasteiger partial charge in [0.25, 0.3) is 0 Å². The van der Waals surface area contributed by atoms with Crippen molar-refractivity contribution in [2.75, 3.05) is 19.6 Å². The molecule has 5 nitrogen and oxygen atoms in total. The molecule has 2 aliphatic heterocycles. The summed E-state index contributed by atoms with van der Waals surface area (Å²) in [6, 6.07) is 10.7. The lowest BCUT2D eigenvalue weighted by atomic mass is 9.89. The van der Waals surface area contributed by atoms with Crippen LogP contribution in [0.15, 0.2) is 48.8 Å². The Bertz CT molecular complexity index is 865. The van der Waals surface area contributed by atoms with Gasteiger partial charge in [0.15, 0.2) is 0 Å². The summed E-state index contributed by atoms with van der Waals surface area (Å²) in [4.78, 5) is 33.0. The van der Waals surface area contributed by atoms with Gasteiger partial charge in [-0.25, -0.2) is 4.39 Å². The van der Waals surface area contributed by atoms with Crippen molar-refractivity contribution in [2.24, 2.45) is 11.8 Å². The van der Waals surface area contributed by atoms with E-state index in [2.05, 4.69) is 4.98 Å². The summed E-state index contributed by atoms with van der Waals surface area (Å²) < 4.78 is 13.9. The number of pyridine rings is 1. The summed E-state index contributed by atoms with van der Waals surface area (Å²) in [5, 5.41) is 0. The fraction of sp³-hybridized carbons (Fsp3) is 0.435. The van der Waals surface area contributed by atoms with Gasteiger partial charge < -0.3 is 9.80 Å². The van der Waals surface area contributed by atoms with Gasteiger partial charge in [-0.1, -0.05) is 24.3 Å². The molecule has 0 unspecified atom stereocenters. The van der Waals surface area contributed by atoms with Crippen LogP contribution in [0.1, 0.15) is 30.4 Å². The van der Waals surface area contributed by atoms with E-state index in [1.54, 1.807) is 23.4 Å². The van der Waals surface area contributed by atoms with Crippen molar-refractivity contribution < 1.29 is 14.0 Å². The second-order valence-electron chi connectivity index (χ2n) is 8.10. The molecule has 2 fully saturated rings. The van der Waals surface area contributed by atoms with Crippen molar-refractivity contribution in [1.29, 1.82) is 0 Å². The smallest absolute Gasteiger partial charge is 0.227 e.